The molecule has 0 bridgehead atoms. The minimum absolute atomic E-state index is 0.172. The Balaban J connectivity index is 1.73. The highest BCUT2D eigenvalue weighted by Gasteiger charge is 2.34. The Morgan fingerprint density at radius 1 is 1.11 bits per heavy atom. The molecule has 148 valence electrons. The molecule has 1 aromatic rings. The van der Waals surface area contributed by atoms with Gasteiger partial charge in [0.15, 0.2) is 0 Å². The maximum atomic E-state index is 13.5. The molecule has 2 fully saturated rings. The van der Waals surface area contributed by atoms with Crippen molar-refractivity contribution >= 4 is 11.9 Å². The minimum Gasteiger partial charge on any atom is -0.481 e. The lowest BCUT2D eigenvalue weighted by molar-refractivity contribution is -0.140. The number of benzene rings is 1. The second-order valence-corrected chi connectivity index (χ2v) is 7.88. The van der Waals surface area contributed by atoms with Crippen LogP contribution in [-0.2, 0) is 9.59 Å². The van der Waals surface area contributed by atoms with E-state index in [0.717, 1.165) is 51.1 Å². The number of nitrogens with zero attached hydrogens (tertiary/aromatic N) is 3. The summed E-state index contributed by atoms with van der Waals surface area (Å²) < 4.78 is 0. The Labute approximate surface area is 161 Å². The fourth-order valence-electron chi connectivity index (χ4n) is 4.23. The van der Waals surface area contributed by atoms with Gasteiger partial charge in [0.05, 0.1) is 0 Å². The molecule has 27 heavy (non-hydrogen) atoms. The summed E-state index contributed by atoms with van der Waals surface area (Å²) >= 11 is 0. The summed E-state index contributed by atoms with van der Waals surface area (Å²) in [7, 11) is 2.12. The summed E-state index contributed by atoms with van der Waals surface area (Å²) in [6.07, 6.45) is 2.82. The van der Waals surface area contributed by atoms with Crippen LogP contribution in [0.2, 0.25) is 0 Å². The number of hydrogen-bond acceptors (Lipinski definition) is 4. The van der Waals surface area contributed by atoms with Gasteiger partial charge in [-0.25, -0.2) is 0 Å². The average molecular weight is 373 g/mol. The lowest BCUT2D eigenvalue weighted by Gasteiger charge is -2.41. The first-order valence-electron chi connectivity index (χ1n) is 10.0. The summed E-state index contributed by atoms with van der Waals surface area (Å²) in [5.41, 5.74) is 1.06. The molecule has 2 saturated heterocycles. The van der Waals surface area contributed by atoms with Gasteiger partial charge in [0, 0.05) is 45.7 Å². The second kappa shape index (κ2) is 9.33. The van der Waals surface area contributed by atoms with E-state index in [1.807, 2.05) is 35.2 Å². The SMILES string of the molecule is CN1CCN(C(C(=O)N2CCCC(CCC(=O)O)C2)c2ccccc2)CC1. The average Bonchev–Trinajstić information content (AvgIpc) is 2.69. The zero-order chi connectivity index (χ0) is 19.2. The number of hydrogen-bond donors (Lipinski definition) is 1. The molecular formula is C21H31N3O3. The molecule has 1 amide bonds. The van der Waals surface area contributed by atoms with E-state index in [9.17, 15) is 9.59 Å². The molecular weight excluding hydrogens is 342 g/mol. The zero-order valence-corrected chi connectivity index (χ0v) is 16.2. The van der Waals surface area contributed by atoms with Crippen molar-refractivity contribution < 1.29 is 14.7 Å². The second-order valence-electron chi connectivity index (χ2n) is 7.88. The van der Waals surface area contributed by atoms with Crippen molar-refractivity contribution in [2.24, 2.45) is 5.92 Å². The van der Waals surface area contributed by atoms with Gasteiger partial charge in [-0.3, -0.25) is 14.5 Å². The molecule has 1 N–H and O–H groups in total. The van der Waals surface area contributed by atoms with Gasteiger partial charge in [0.2, 0.25) is 5.91 Å². The number of amides is 1. The minimum atomic E-state index is -0.752. The molecule has 2 aliphatic rings. The first-order chi connectivity index (χ1) is 13.0. The highest BCUT2D eigenvalue weighted by Crippen LogP contribution is 2.28. The third-order valence-corrected chi connectivity index (χ3v) is 5.85. The van der Waals surface area contributed by atoms with E-state index in [1.54, 1.807) is 0 Å². The Morgan fingerprint density at radius 2 is 1.81 bits per heavy atom. The largest absolute Gasteiger partial charge is 0.481 e. The normalized spacial score (nSPS) is 23.1. The van der Waals surface area contributed by atoms with E-state index >= 15 is 0 Å². The van der Waals surface area contributed by atoms with Crippen LogP contribution >= 0.6 is 0 Å². The van der Waals surface area contributed by atoms with Crippen LogP contribution in [0.4, 0.5) is 0 Å². The van der Waals surface area contributed by atoms with Crippen LogP contribution in [0.25, 0.3) is 0 Å². The number of carboxylic acid groups (broad SMARTS) is 1. The molecule has 2 atom stereocenters. The van der Waals surface area contributed by atoms with Crippen LogP contribution in [0.15, 0.2) is 30.3 Å². The quantitative estimate of drug-likeness (QED) is 0.827. The lowest BCUT2D eigenvalue weighted by Crippen LogP contribution is -2.52. The molecule has 0 aromatic heterocycles. The van der Waals surface area contributed by atoms with Gasteiger partial charge in [-0.15, -0.1) is 0 Å². The Hall–Kier alpha value is -1.92. The number of aliphatic carboxylic acids is 1. The van der Waals surface area contributed by atoms with E-state index < -0.39 is 5.97 Å². The molecule has 6 heteroatoms. The predicted octanol–water partition coefficient (Wildman–Crippen LogP) is 2.08. The summed E-state index contributed by atoms with van der Waals surface area (Å²) in [6, 6.07) is 9.84. The molecule has 3 rings (SSSR count). The lowest BCUT2D eigenvalue weighted by atomic mass is 9.92. The number of carboxylic acids is 1. The number of piperidine rings is 1. The van der Waals surface area contributed by atoms with Crippen LogP contribution in [-0.4, -0.2) is 78.0 Å². The molecule has 0 saturated carbocycles. The topological polar surface area (TPSA) is 64.1 Å². The molecule has 2 aliphatic heterocycles. The summed E-state index contributed by atoms with van der Waals surface area (Å²) in [5.74, 6) is -0.286. The number of likely N-dealkylation sites (tertiary alicyclic amines) is 1. The first kappa shape index (κ1) is 19.8. The summed E-state index contributed by atoms with van der Waals surface area (Å²) in [5, 5.41) is 8.96. The van der Waals surface area contributed by atoms with Crippen molar-refractivity contribution in [1.82, 2.24) is 14.7 Å². The Bertz CT molecular complexity index is 629. The van der Waals surface area contributed by atoms with E-state index in [2.05, 4.69) is 16.8 Å². The summed E-state index contributed by atoms with van der Waals surface area (Å²) in [6.45, 7) is 5.18. The zero-order valence-electron chi connectivity index (χ0n) is 16.2. The highest BCUT2D eigenvalue weighted by molar-refractivity contribution is 5.83. The maximum Gasteiger partial charge on any atom is 0.303 e. The van der Waals surface area contributed by atoms with Gasteiger partial charge < -0.3 is 14.9 Å². The van der Waals surface area contributed by atoms with Gasteiger partial charge in [-0.05, 0) is 37.8 Å². The van der Waals surface area contributed by atoms with Gasteiger partial charge in [0.1, 0.15) is 6.04 Å². The molecule has 0 radical (unpaired) electrons. The number of likely N-dealkylation sites (N-methyl/N-ethyl adjacent to an activating group) is 1. The van der Waals surface area contributed by atoms with Crippen LogP contribution in [0.5, 0.6) is 0 Å². The van der Waals surface area contributed by atoms with Crippen molar-refractivity contribution in [1.29, 1.82) is 0 Å². The van der Waals surface area contributed by atoms with E-state index in [4.69, 9.17) is 5.11 Å². The molecule has 2 unspecified atom stereocenters. The van der Waals surface area contributed by atoms with Gasteiger partial charge >= 0.3 is 5.97 Å². The maximum absolute atomic E-state index is 13.5. The first-order valence-corrected chi connectivity index (χ1v) is 10.0. The molecule has 1 aromatic carbocycles. The van der Waals surface area contributed by atoms with E-state index in [-0.39, 0.29) is 18.4 Å². The third kappa shape index (κ3) is 5.30. The van der Waals surface area contributed by atoms with E-state index in [1.165, 1.54) is 0 Å². The molecule has 0 aliphatic carbocycles. The fraction of sp³-hybridized carbons (Fsp3) is 0.619. The van der Waals surface area contributed by atoms with Gasteiger partial charge in [0.25, 0.3) is 0 Å². The van der Waals surface area contributed by atoms with Crippen LogP contribution < -0.4 is 0 Å². The fourth-order valence-corrected chi connectivity index (χ4v) is 4.23. The monoisotopic (exact) mass is 373 g/mol. The number of rotatable bonds is 6. The van der Waals surface area contributed by atoms with E-state index in [0.29, 0.717) is 18.9 Å². The Kier molecular flexibility index (Phi) is 6.85. The van der Waals surface area contributed by atoms with Gasteiger partial charge in [-0.1, -0.05) is 30.3 Å². The Morgan fingerprint density at radius 3 is 2.48 bits per heavy atom. The van der Waals surface area contributed by atoms with Crippen LogP contribution in [0.3, 0.4) is 0 Å². The highest BCUT2D eigenvalue weighted by atomic mass is 16.4. The standard InChI is InChI=1S/C21H31N3O3/c1-22-12-14-23(15-13-22)20(18-7-3-2-4-8-18)21(27)24-11-5-6-17(16-24)9-10-19(25)26/h2-4,7-8,17,20H,5-6,9-16H2,1H3,(H,25,26). The molecule has 2 heterocycles. The van der Waals surface area contributed by atoms with Crippen molar-refractivity contribution in [3.05, 3.63) is 35.9 Å². The predicted molar refractivity (Wildman–Crippen MR) is 104 cm³/mol. The van der Waals surface area contributed by atoms with Gasteiger partial charge in [-0.2, -0.15) is 0 Å². The van der Waals surface area contributed by atoms with Crippen LogP contribution in [0.1, 0.15) is 37.3 Å². The number of piperazine rings is 1. The van der Waals surface area contributed by atoms with Crippen molar-refractivity contribution in [2.75, 3.05) is 46.3 Å². The smallest absolute Gasteiger partial charge is 0.303 e. The molecule has 0 spiro atoms. The summed E-state index contributed by atoms with van der Waals surface area (Å²) in [4.78, 5) is 31.0. The van der Waals surface area contributed by atoms with Crippen molar-refractivity contribution in [3.8, 4) is 0 Å². The van der Waals surface area contributed by atoms with Crippen molar-refractivity contribution in [2.45, 2.75) is 31.7 Å². The number of carbonyl (C=O) groups is 2. The number of carbonyl (C=O) groups excluding carboxylic acids is 1. The molecule has 6 nitrogen and oxygen atoms in total. The van der Waals surface area contributed by atoms with Crippen LogP contribution in [0, 0.1) is 5.92 Å². The third-order valence-electron chi connectivity index (χ3n) is 5.85. The van der Waals surface area contributed by atoms with Crippen molar-refractivity contribution in [3.63, 3.8) is 0 Å².